The lowest BCUT2D eigenvalue weighted by molar-refractivity contribution is 0.770. The number of rotatable bonds is 4. The van der Waals surface area contributed by atoms with Crippen molar-refractivity contribution in [2.75, 3.05) is 0 Å². The highest BCUT2D eigenvalue weighted by molar-refractivity contribution is 6.33. The van der Waals surface area contributed by atoms with Crippen molar-refractivity contribution >= 4 is 76.2 Å². The minimum atomic E-state index is -0.526. The average Bonchev–Trinajstić information content (AvgIpc) is 4.26. The van der Waals surface area contributed by atoms with Gasteiger partial charge in [-0.15, -0.1) is 0 Å². The predicted octanol–water partition coefficient (Wildman–Crippen LogP) is 16.7. The van der Waals surface area contributed by atoms with Crippen molar-refractivity contribution in [1.29, 1.82) is 0 Å². The molecule has 0 radical (unpaired) electrons. The fraction of sp³-hybridized carbons (Fsp3) is 0.0294. The Labute approximate surface area is 403 Å². The molecule has 0 spiro atoms. The van der Waals surface area contributed by atoms with Gasteiger partial charge in [0.2, 0.25) is 0 Å². The predicted molar refractivity (Wildman–Crippen MR) is 290 cm³/mol. The third-order valence-electron chi connectivity index (χ3n) is 16.9. The fourth-order valence-electron chi connectivity index (χ4n) is 14.5. The van der Waals surface area contributed by atoms with E-state index in [4.69, 9.17) is 0 Å². The van der Waals surface area contributed by atoms with Crippen molar-refractivity contribution in [3.05, 3.63) is 287 Å². The van der Waals surface area contributed by atoms with Crippen LogP contribution >= 0.6 is 0 Å². The molecule has 322 valence electrons. The first-order chi connectivity index (χ1) is 34.8. The second kappa shape index (κ2) is 13.0. The van der Waals surface area contributed by atoms with Crippen LogP contribution in [-0.4, -0.2) is 8.80 Å². The summed E-state index contributed by atoms with van der Waals surface area (Å²) in [6.07, 6.45) is 0. The van der Waals surface area contributed by atoms with Crippen molar-refractivity contribution in [2.24, 2.45) is 0 Å². The number of hydrogen-bond donors (Lipinski definition) is 0. The van der Waals surface area contributed by atoms with E-state index in [2.05, 4.69) is 251 Å². The molecule has 0 saturated heterocycles. The maximum Gasteiger partial charge on any atom is 0.0714 e. The highest BCUT2D eigenvalue weighted by Crippen LogP contribution is 2.63. The normalized spacial score (nSPS) is 14.5. The van der Waals surface area contributed by atoms with Crippen LogP contribution in [0.2, 0.25) is 0 Å². The number of benzene rings is 11. The van der Waals surface area contributed by atoms with Crippen molar-refractivity contribution in [2.45, 2.75) is 10.8 Å². The molecule has 2 aliphatic carbocycles. The smallest absolute Gasteiger partial charge is 0.0714 e. The van der Waals surface area contributed by atoms with Gasteiger partial charge in [-0.05, 0) is 103 Å². The van der Waals surface area contributed by atoms with Gasteiger partial charge in [0.05, 0.1) is 43.9 Å². The maximum absolute atomic E-state index is 2.61. The molecule has 0 amide bonds. The largest absolute Gasteiger partial charge is 0.308 e. The van der Waals surface area contributed by atoms with Crippen molar-refractivity contribution in [1.82, 2.24) is 8.80 Å². The molecule has 0 aliphatic heterocycles. The first-order valence-corrected chi connectivity index (χ1v) is 24.6. The molecule has 2 heteroatoms. The summed E-state index contributed by atoms with van der Waals surface area (Å²) in [6, 6.07) is 92.0. The van der Waals surface area contributed by atoms with Crippen LogP contribution in [0, 0.1) is 0 Å². The molecule has 70 heavy (non-hydrogen) atoms. The summed E-state index contributed by atoms with van der Waals surface area (Å²) >= 11 is 0. The van der Waals surface area contributed by atoms with Gasteiger partial charge >= 0.3 is 0 Å². The molecule has 0 saturated carbocycles. The first kappa shape index (κ1) is 37.1. The quantitative estimate of drug-likeness (QED) is 0.167. The molecule has 11 aromatic carbocycles. The minimum absolute atomic E-state index is 0.526. The van der Waals surface area contributed by atoms with Gasteiger partial charge in [-0.2, -0.15) is 0 Å². The zero-order chi connectivity index (χ0) is 45.5. The van der Waals surface area contributed by atoms with Crippen LogP contribution < -0.4 is 0 Å². The molecule has 2 nitrogen and oxygen atoms in total. The van der Waals surface area contributed by atoms with Crippen molar-refractivity contribution in [3.8, 4) is 22.3 Å². The monoisotopic (exact) mass is 884 g/mol. The van der Waals surface area contributed by atoms with Gasteiger partial charge in [0.15, 0.2) is 0 Å². The zero-order valence-electron chi connectivity index (χ0n) is 38.0. The van der Waals surface area contributed by atoms with E-state index in [1.807, 2.05) is 0 Å². The lowest BCUT2D eigenvalue weighted by Crippen LogP contribution is -2.28. The van der Waals surface area contributed by atoms with Gasteiger partial charge in [0.25, 0.3) is 0 Å². The van der Waals surface area contributed by atoms with Gasteiger partial charge in [-0.3, -0.25) is 0 Å². The number of hydrogen-bond acceptors (Lipinski definition) is 0. The molecule has 0 bridgehead atoms. The highest BCUT2D eigenvalue weighted by Gasteiger charge is 2.49. The SMILES string of the molecule is c1ccc(C2(c3ccccc3)c3ccccc3-c3c2cc2c4cc5c(cc4n4c6ccccc6c3c24)c2cc3c(c4c6ccccc6n5c24)-c2ccccc2C3(c2ccccc2)c2ccccc2)cc1. The Morgan fingerprint density at radius 1 is 0.243 bits per heavy atom. The van der Waals surface area contributed by atoms with Crippen LogP contribution in [0.1, 0.15) is 44.5 Å². The summed E-state index contributed by atoms with van der Waals surface area (Å²) in [5.74, 6) is 0. The second-order valence-corrected chi connectivity index (χ2v) is 19.8. The summed E-state index contributed by atoms with van der Waals surface area (Å²) in [6.45, 7) is 0. The molecule has 4 heterocycles. The summed E-state index contributed by atoms with van der Waals surface area (Å²) in [5, 5.41) is 10.4. The van der Waals surface area contributed by atoms with E-state index in [0.717, 1.165) is 0 Å². The van der Waals surface area contributed by atoms with Gasteiger partial charge in [-0.25, -0.2) is 0 Å². The summed E-state index contributed by atoms with van der Waals surface area (Å²) in [5.41, 5.74) is 22.3. The Balaban J connectivity index is 1.08. The molecule has 15 aromatic rings. The Morgan fingerprint density at radius 3 is 0.957 bits per heavy atom. The highest BCUT2D eigenvalue weighted by atomic mass is 14.9. The number of para-hydroxylation sites is 2. The average molecular weight is 885 g/mol. The summed E-state index contributed by atoms with van der Waals surface area (Å²) in [4.78, 5) is 0. The lowest BCUT2D eigenvalue weighted by Gasteiger charge is -2.34. The van der Waals surface area contributed by atoms with E-state index < -0.39 is 10.8 Å². The molecule has 4 aromatic heterocycles. The number of fused-ring (bicyclic) bond motifs is 20. The second-order valence-electron chi connectivity index (χ2n) is 19.8. The molecular formula is C68H40N2. The van der Waals surface area contributed by atoms with Crippen LogP contribution in [0.3, 0.4) is 0 Å². The van der Waals surface area contributed by atoms with E-state index >= 15 is 0 Å². The lowest BCUT2D eigenvalue weighted by atomic mass is 9.67. The van der Waals surface area contributed by atoms with Crippen LogP contribution in [0.5, 0.6) is 0 Å². The van der Waals surface area contributed by atoms with Gasteiger partial charge in [0.1, 0.15) is 0 Å². The van der Waals surface area contributed by atoms with E-state index in [0.29, 0.717) is 0 Å². The van der Waals surface area contributed by atoms with Crippen LogP contribution in [0.15, 0.2) is 243 Å². The van der Waals surface area contributed by atoms with E-state index in [1.165, 1.54) is 143 Å². The van der Waals surface area contributed by atoms with Gasteiger partial charge < -0.3 is 8.80 Å². The first-order valence-electron chi connectivity index (χ1n) is 24.6. The van der Waals surface area contributed by atoms with E-state index in [1.54, 1.807) is 0 Å². The molecular weight excluding hydrogens is 845 g/mol. The van der Waals surface area contributed by atoms with E-state index in [9.17, 15) is 0 Å². The van der Waals surface area contributed by atoms with Crippen LogP contribution in [0.4, 0.5) is 0 Å². The molecule has 0 unspecified atom stereocenters. The molecule has 17 rings (SSSR count). The third kappa shape index (κ3) is 4.14. The van der Waals surface area contributed by atoms with Crippen molar-refractivity contribution in [3.63, 3.8) is 0 Å². The summed E-state index contributed by atoms with van der Waals surface area (Å²) in [7, 11) is 0. The van der Waals surface area contributed by atoms with Gasteiger partial charge in [-0.1, -0.05) is 206 Å². The Kier molecular flexibility index (Phi) is 6.86. The Bertz CT molecular complexity index is 4290. The fourth-order valence-corrected chi connectivity index (χ4v) is 14.5. The molecule has 0 atom stereocenters. The van der Waals surface area contributed by atoms with Crippen LogP contribution in [-0.2, 0) is 10.8 Å². The minimum Gasteiger partial charge on any atom is -0.308 e. The number of aromatic nitrogens is 2. The Hall–Kier alpha value is -8.98. The molecule has 0 N–H and O–H groups in total. The molecule has 2 aliphatic rings. The maximum atomic E-state index is 2.61. The van der Waals surface area contributed by atoms with Gasteiger partial charge in [0, 0.05) is 43.1 Å². The number of nitrogens with zero attached hydrogens (tertiary/aromatic N) is 2. The molecule has 0 fully saturated rings. The third-order valence-corrected chi connectivity index (χ3v) is 16.9. The summed E-state index contributed by atoms with van der Waals surface area (Å²) < 4.78 is 5.21. The van der Waals surface area contributed by atoms with Crippen LogP contribution in [0.25, 0.3) is 98.4 Å². The standard InChI is InChI=1S/C68H40N2/c1-5-21-41(22-6-1)67(42-23-7-2-8-24-42)53-33-17-13-29-45(53)61-55(67)37-51-49-39-60-50(40-59(49)69-57-35-19-15-31-47(57)63(61)65(51)69)52-38-56-62(64-48-32-16-20-36-58(48)70(60)66(52)64)46-30-14-18-34-54(46)68(56,43-25-9-3-10-26-43)44-27-11-4-12-28-44/h1-40H. The topological polar surface area (TPSA) is 8.82 Å². The van der Waals surface area contributed by atoms with Crippen molar-refractivity contribution < 1.29 is 0 Å². The van der Waals surface area contributed by atoms with E-state index in [-0.39, 0.29) is 0 Å². The zero-order valence-corrected chi connectivity index (χ0v) is 38.0. The Morgan fingerprint density at radius 2 is 0.571 bits per heavy atom.